The zero-order valence-electron chi connectivity index (χ0n) is 19.4. The van der Waals surface area contributed by atoms with Gasteiger partial charge in [0.15, 0.2) is 0 Å². The van der Waals surface area contributed by atoms with Crippen molar-refractivity contribution in [2.24, 2.45) is 0 Å². The Kier molecular flexibility index (Phi) is 8.93. The third kappa shape index (κ3) is 6.60. The number of aromatic carboxylic acids is 1. The molecule has 3 rings (SSSR count). The van der Waals surface area contributed by atoms with Crippen LogP contribution in [-0.4, -0.2) is 36.7 Å². The van der Waals surface area contributed by atoms with Crippen molar-refractivity contribution < 1.29 is 19.4 Å². The predicted molar refractivity (Wildman–Crippen MR) is 131 cm³/mol. The molecule has 0 bridgehead atoms. The molecule has 0 aromatic heterocycles. The molecule has 0 saturated carbocycles. The van der Waals surface area contributed by atoms with Crippen molar-refractivity contribution in [1.82, 2.24) is 5.32 Å². The SMILES string of the molecule is C=CCOc1cc(CC(=O)NC(CCC)c2ccccc2N2CCCCC2)ccc1C(=O)O. The Hall–Kier alpha value is -3.28. The Morgan fingerprint density at radius 1 is 1.18 bits per heavy atom. The summed E-state index contributed by atoms with van der Waals surface area (Å²) in [7, 11) is 0. The summed E-state index contributed by atoms with van der Waals surface area (Å²) in [6.07, 6.45) is 7.17. The number of benzene rings is 2. The summed E-state index contributed by atoms with van der Waals surface area (Å²) >= 11 is 0. The van der Waals surface area contributed by atoms with Gasteiger partial charge < -0.3 is 20.1 Å². The maximum absolute atomic E-state index is 13.0. The number of ether oxygens (including phenoxy) is 1. The highest BCUT2D eigenvalue weighted by molar-refractivity contribution is 5.91. The molecule has 0 radical (unpaired) electrons. The molecule has 1 atom stereocenters. The number of para-hydroxylation sites is 1. The van der Waals surface area contributed by atoms with E-state index in [9.17, 15) is 14.7 Å². The summed E-state index contributed by atoms with van der Waals surface area (Å²) in [5, 5.41) is 12.6. The van der Waals surface area contributed by atoms with E-state index in [-0.39, 0.29) is 36.3 Å². The lowest BCUT2D eigenvalue weighted by molar-refractivity contribution is -0.121. The molecule has 0 aliphatic carbocycles. The first-order valence-electron chi connectivity index (χ1n) is 11.8. The molecule has 6 heteroatoms. The highest BCUT2D eigenvalue weighted by Gasteiger charge is 2.21. The van der Waals surface area contributed by atoms with Crippen molar-refractivity contribution in [2.75, 3.05) is 24.6 Å². The number of nitrogens with one attached hydrogen (secondary N) is 1. The second-order valence-electron chi connectivity index (χ2n) is 8.43. The van der Waals surface area contributed by atoms with Crippen LogP contribution >= 0.6 is 0 Å². The summed E-state index contributed by atoms with van der Waals surface area (Å²) in [6, 6.07) is 13.1. The van der Waals surface area contributed by atoms with Crippen LogP contribution in [0, 0.1) is 0 Å². The van der Waals surface area contributed by atoms with E-state index in [0.29, 0.717) is 5.56 Å². The van der Waals surface area contributed by atoms with Gasteiger partial charge in [0, 0.05) is 18.8 Å². The molecule has 1 unspecified atom stereocenters. The Labute approximate surface area is 196 Å². The zero-order chi connectivity index (χ0) is 23.6. The topological polar surface area (TPSA) is 78.9 Å². The number of carbonyl (C=O) groups is 2. The fraction of sp³-hybridized carbons (Fsp3) is 0.407. The van der Waals surface area contributed by atoms with Crippen LogP contribution in [0.5, 0.6) is 5.75 Å². The lowest BCUT2D eigenvalue weighted by Crippen LogP contribution is -2.34. The first kappa shape index (κ1) is 24.4. The van der Waals surface area contributed by atoms with Crippen molar-refractivity contribution in [3.8, 4) is 5.75 Å². The van der Waals surface area contributed by atoms with Crippen molar-refractivity contribution in [3.63, 3.8) is 0 Å². The summed E-state index contributed by atoms with van der Waals surface area (Å²) < 4.78 is 5.51. The van der Waals surface area contributed by atoms with Crippen LogP contribution in [-0.2, 0) is 11.2 Å². The Morgan fingerprint density at radius 3 is 2.64 bits per heavy atom. The van der Waals surface area contributed by atoms with Gasteiger partial charge in [0.1, 0.15) is 17.9 Å². The molecule has 2 aromatic carbocycles. The van der Waals surface area contributed by atoms with E-state index in [1.807, 2.05) is 6.07 Å². The maximum atomic E-state index is 13.0. The average molecular weight is 451 g/mol. The quantitative estimate of drug-likeness (QED) is 0.464. The fourth-order valence-electron chi connectivity index (χ4n) is 4.35. The number of carbonyl (C=O) groups excluding carboxylic acids is 1. The maximum Gasteiger partial charge on any atom is 0.339 e. The van der Waals surface area contributed by atoms with Crippen LogP contribution in [0.1, 0.15) is 66.6 Å². The van der Waals surface area contributed by atoms with Gasteiger partial charge in [-0.1, -0.05) is 50.3 Å². The van der Waals surface area contributed by atoms with E-state index in [1.165, 1.54) is 31.0 Å². The second-order valence-corrected chi connectivity index (χ2v) is 8.43. The Balaban J connectivity index is 1.76. The number of nitrogens with zero attached hydrogens (tertiary/aromatic N) is 1. The molecule has 1 aliphatic rings. The smallest absolute Gasteiger partial charge is 0.339 e. The molecule has 33 heavy (non-hydrogen) atoms. The van der Waals surface area contributed by atoms with E-state index in [4.69, 9.17) is 4.74 Å². The van der Waals surface area contributed by atoms with Gasteiger partial charge >= 0.3 is 5.97 Å². The molecule has 1 saturated heterocycles. The minimum atomic E-state index is -1.07. The molecule has 1 heterocycles. The number of hydrogen-bond acceptors (Lipinski definition) is 4. The molecule has 0 spiro atoms. The highest BCUT2D eigenvalue weighted by Crippen LogP contribution is 2.31. The second kappa shape index (κ2) is 12.1. The third-order valence-corrected chi connectivity index (χ3v) is 5.92. The van der Waals surface area contributed by atoms with Crippen molar-refractivity contribution in [1.29, 1.82) is 0 Å². The fourth-order valence-corrected chi connectivity index (χ4v) is 4.35. The Bertz CT molecular complexity index is 966. The van der Waals surface area contributed by atoms with Crippen LogP contribution in [0.3, 0.4) is 0 Å². The Morgan fingerprint density at radius 2 is 1.94 bits per heavy atom. The first-order valence-corrected chi connectivity index (χ1v) is 11.8. The van der Waals surface area contributed by atoms with Crippen LogP contribution in [0.4, 0.5) is 5.69 Å². The summed E-state index contributed by atoms with van der Waals surface area (Å²) in [5.41, 5.74) is 3.14. The molecule has 2 aromatic rings. The zero-order valence-corrected chi connectivity index (χ0v) is 19.4. The van der Waals surface area contributed by atoms with Gasteiger partial charge in [-0.05, 0) is 55.0 Å². The number of piperidine rings is 1. The van der Waals surface area contributed by atoms with Crippen molar-refractivity contribution in [2.45, 2.75) is 51.5 Å². The molecule has 2 N–H and O–H groups in total. The summed E-state index contributed by atoms with van der Waals surface area (Å²) in [5.74, 6) is -0.921. The molecule has 1 aliphatic heterocycles. The number of carboxylic acid groups (broad SMARTS) is 1. The summed E-state index contributed by atoms with van der Waals surface area (Å²) in [6.45, 7) is 8.02. The number of rotatable bonds is 11. The van der Waals surface area contributed by atoms with Crippen LogP contribution in [0.25, 0.3) is 0 Å². The minimum Gasteiger partial charge on any atom is -0.489 e. The normalized spacial score (nSPS) is 14.4. The standard InChI is InChI=1S/C27H34N2O4/c1-3-10-23(21-11-6-7-12-24(21)29-15-8-5-9-16-29)28-26(30)19-20-13-14-22(27(31)32)25(18-20)33-17-4-2/h4,6-7,11-14,18,23H,2-3,5,8-10,15-17,19H2,1H3,(H,28,30)(H,31,32). The molecular weight excluding hydrogens is 416 g/mol. The minimum absolute atomic E-state index is 0.0697. The molecule has 1 amide bonds. The van der Waals surface area contributed by atoms with Gasteiger partial charge in [-0.2, -0.15) is 0 Å². The lowest BCUT2D eigenvalue weighted by Gasteiger charge is -2.32. The van der Waals surface area contributed by atoms with E-state index in [1.54, 1.807) is 18.2 Å². The number of anilines is 1. The molecule has 1 fully saturated rings. The summed E-state index contributed by atoms with van der Waals surface area (Å²) in [4.78, 5) is 26.9. The van der Waals surface area contributed by atoms with Gasteiger partial charge in [0.05, 0.1) is 12.5 Å². The third-order valence-electron chi connectivity index (χ3n) is 5.92. The van der Waals surface area contributed by atoms with E-state index in [0.717, 1.165) is 31.5 Å². The largest absolute Gasteiger partial charge is 0.489 e. The van der Waals surface area contributed by atoms with E-state index < -0.39 is 5.97 Å². The van der Waals surface area contributed by atoms with Crippen LogP contribution in [0.15, 0.2) is 55.1 Å². The monoisotopic (exact) mass is 450 g/mol. The predicted octanol–water partition coefficient (Wildman–Crippen LogP) is 5.14. The number of hydrogen-bond donors (Lipinski definition) is 2. The molecule has 176 valence electrons. The van der Waals surface area contributed by atoms with Gasteiger partial charge in [0.25, 0.3) is 0 Å². The number of carboxylic acids is 1. The van der Waals surface area contributed by atoms with Gasteiger partial charge in [0.2, 0.25) is 5.91 Å². The van der Waals surface area contributed by atoms with Crippen LogP contribution < -0.4 is 15.0 Å². The lowest BCUT2D eigenvalue weighted by atomic mass is 9.98. The van der Waals surface area contributed by atoms with Crippen molar-refractivity contribution in [3.05, 3.63) is 71.8 Å². The van der Waals surface area contributed by atoms with E-state index in [2.05, 4.69) is 41.9 Å². The van der Waals surface area contributed by atoms with Gasteiger partial charge in [-0.15, -0.1) is 0 Å². The van der Waals surface area contributed by atoms with Gasteiger partial charge in [-0.3, -0.25) is 4.79 Å². The van der Waals surface area contributed by atoms with Crippen LogP contribution in [0.2, 0.25) is 0 Å². The molecule has 6 nitrogen and oxygen atoms in total. The molecular formula is C27H34N2O4. The first-order chi connectivity index (χ1) is 16.0. The highest BCUT2D eigenvalue weighted by atomic mass is 16.5. The van der Waals surface area contributed by atoms with Gasteiger partial charge in [-0.25, -0.2) is 4.79 Å². The average Bonchev–Trinajstić information content (AvgIpc) is 2.83. The number of amides is 1. The van der Waals surface area contributed by atoms with E-state index >= 15 is 0 Å². The van der Waals surface area contributed by atoms with Crippen molar-refractivity contribution >= 4 is 17.6 Å².